The first kappa shape index (κ1) is 17.4. The molecule has 0 aromatic heterocycles. The third-order valence-electron chi connectivity index (χ3n) is 4.15. The topological polar surface area (TPSA) is 55.2 Å². The van der Waals surface area contributed by atoms with Gasteiger partial charge in [0.1, 0.15) is 0 Å². The van der Waals surface area contributed by atoms with Gasteiger partial charge in [0.05, 0.1) is 25.6 Å². The molecule has 1 heterocycles. The molecule has 6 heteroatoms. The zero-order valence-electron chi connectivity index (χ0n) is 14.8. The van der Waals surface area contributed by atoms with Crippen LogP contribution in [0.15, 0.2) is 46.5 Å². The first-order valence-electron chi connectivity index (χ1n) is 7.95. The van der Waals surface area contributed by atoms with Crippen LogP contribution in [-0.4, -0.2) is 30.9 Å². The third-order valence-corrected chi connectivity index (χ3v) is 5.02. The Bertz CT molecular complexity index is 847. The van der Waals surface area contributed by atoms with Crippen molar-refractivity contribution in [1.82, 2.24) is 5.43 Å². The Balaban J connectivity index is 1.81. The molecule has 2 aromatic carbocycles. The molecule has 0 saturated carbocycles. The smallest absolute Gasteiger partial charge is 0.182 e. The Morgan fingerprint density at radius 2 is 1.88 bits per heavy atom. The van der Waals surface area contributed by atoms with Gasteiger partial charge < -0.3 is 9.47 Å². The van der Waals surface area contributed by atoms with Gasteiger partial charge >= 0.3 is 0 Å². The highest BCUT2D eigenvalue weighted by molar-refractivity contribution is 8.14. The number of aliphatic imine (C=N–C) groups is 1. The third kappa shape index (κ3) is 3.79. The first-order valence-corrected chi connectivity index (χ1v) is 8.93. The number of benzene rings is 2. The fraction of sp³-hybridized carbons (Fsp3) is 0.263. The number of thioether (sulfide) groups is 1. The molecule has 0 fully saturated rings. The number of hydrogen-bond donors (Lipinski definition) is 1. The molecule has 0 unspecified atom stereocenters. The van der Waals surface area contributed by atoms with Gasteiger partial charge in [0, 0.05) is 11.3 Å². The summed E-state index contributed by atoms with van der Waals surface area (Å²) in [6.45, 7) is 4.17. The van der Waals surface area contributed by atoms with Crippen molar-refractivity contribution in [2.45, 2.75) is 13.8 Å². The zero-order chi connectivity index (χ0) is 17.8. The van der Waals surface area contributed by atoms with Crippen molar-refractivity contribution in [3.63, 3.8) is 0 Å². The Morgan fingerprint density at radius 3 is 2.56 bits per heavy atom. The summed E-state index contributed by atoms with van der Waals surface area (Å²) in [5.74, 6) is 2.15. The zero-order valence-corrected chi connectivity index (χ0v) is 15.6. The molecule has 130 valence electrons. The second kappa shape index (κ2) is 7.61. The lowest BCUT2D eigenvalue weighted by Crippen LogP contribution is -2.25. The second-order valence-corrected chi connectivity index (χ2v) is 6.63. The van der Waals surface area contributed by atoms with Crippen LogP contribution in [0.4, 0.5) is 5.69 Å². The highest BCUT2D eigenvalue weighted by Crippen LogP contribution is 2.29. The van der Waals surface area contributed by atoms with Crippen LogP contribution in [0.5, 0.6) is 11.5 Å². The van der Waals surface area contributed by atoms with E-state index in [9.17, 15) is 0 Å². The van der Waals surface area contributed by atoms with E-state index < -0.39 is 0 Å². The molecule has 1 aliphatic heterocycles. The Hall–Kier alpha value is -2.47. The Kier molecular flexibility index (Phi) is 5.28. The average molecular weight is 355 g/mol. The molecule has 0 bridgehead atoms. The van der Waals surface area contributed by atoms with Crippen LogP contribution in [0, 0.1) is 13.8 Å². The van der Waals surface area contributed by atoms with Crippen LogP contribution in [0.1, 0.15) is 16.7 Å². The average Bonchev–Trinajstić information content (AvgIpc) is 2.65. The van der Waals surface area contributed by atoms with Crippen LogP contribution in [0.3, 0.4) is 0 Å². The molecule has 25 heavy (non-hydrogen) atoms. The predicted octanol–water partition coefficient (Wildman–Crippen LogP) is 4.05. The largest absolute Gasteiger partial charge is 0.493 e. The fourth-order valence-electron chi connectivity index (χ4n) is 2.50. The summed E-state index contributed by atoms with van der Waals surface area (Å²) in [4.78, 5) is 4.68. The summed E-state index contributed by atoms with van der Waals surface area (Å²) in [7, 11) is 3.26. The summed E-state index contributed by atoms with van der Waals surface area (Å²) in [5, 5.41) is 5.28. The van der Waals surface area contributed by atoms with Crippen molar-refractivity contribution in [2.75, 3.05) is 20.0 Å². The maximum atomic E-state index is 5.36. The number of ether oxygens (including phenoxy) is 2. The van der Waals surface area contributed by atoms with E-state index in [2.05, 4.69) is 35.4 Å². The minimum atomic E-state index is 0.697. The van der Waals surface area contributed by atoms with E-state index in [-0.39, 0.29) is 0 Å². The standard InChI is InChI=1S/C19H21N3O2S/c1-12-6-5-7-15(13(12)2)20-19-22-21-16(11-25-19)14-8-9-17(23-3)18(10-14)24-4/h5-10H,11H2,1-4H3,(H,20,22). The van der Waals surface area contributed by atoms with Gasteiger partial charge in [0.25, 0.3) is 0 Å². The van der Waals surface area contributed by atoms with Gasteiger partial charge in [-0.25, -0.2) is 4.99 Å². The van der Waals surface area contributed by atoms with Crippen molar-refractivity contribution in [2.24, 2.45) is 10.1 Å². The lowest BCUT2D eigenvalue weighted by molar-refractivity contribution is 0.355. The van der Waals surface area contributed by atoms with Crippen molar-refractivity contribution < 1.29 is 9.47 Å². The molecular weight excluding hydrogens is 334 g/mol. The molecule has 3 rings (SSSR count). The number of aryl methyl sites for hydroxylation is 1. The van der Waals surface area contributed by atoms with E-state index >= 15 is 0 Å². The summed E-state index contributed by atoms with van der Waals surface area (Å²) in [6.07, 6.45) is 0. The van der Waals surface area contributed by atoms with Crippen LogP contribution >= 0.6 is 11.8 Å². The van der Waals surface area contributed by atoms with E-state index in [1.54, 1.807) is 26.0 Å². The van der Waals surface area contributed by atoms with Crippen LogP contribution < -0.4 is 14.9 Å². The van der Waals surface area contributed by atoms with E-state index in [1.807, 2.05) is 30.3 Å². The molecular formula is C19H21N3O2S. The number of amidine groups is 1. The summed E-state index contributed by atoms with van der Waals surface area (Å²) in [5.41, 5.74) is 8.40. The van der Waals surface area contributed by atoms with Crippen molar-refractivity contribution >= 4 is 28.3 Å². The van der Waals surface area contributed by atoms with Gasteiger partial charge in [-0.15, -0.1) is 0 Å². The number of nitrogens with zero attached hydrogens (tertiary/aromatic N) is 2. The summed E-state index contributed by atoms with van der Waals surface area (Å²) < 4.78 is 10.6. The normalized spacial score (nSPS) is 15.5. The second-order valence-electron chi connectivity index (χ2n) is 5.66. The summed E-state index contributed by atoms with van der Waals surface area (Å²) in [6, 6.07) is 11.9. The Labute approximate surface area is 152 Å². The highest BCUT2D eigenvalue weighted by atomic mass is 32.2. The van der Waals surface area contributed by atoms with E-state index in [0.717, 1.165) is 27.9 Å². The Morgan fingerprint density at radius 1 is 1.08 bits per heavy atom. The van der Waals surface area contributed by atoms with Gasteiger partial charge in [-0.1, -0.05) is 23.9 Å². The van der Waals surface area contributed by atoms with Crippen LogP contribution in [0.25, 0.3) is 0 Å². The monoisotopic (exact) mass is 355 g/mol. The number of nitrogens with one attached hydrogen (secondary N) is 1. The van der Waals surface area contributed by atoms with Gasteiger partial charge in [-0.3, -0.25) is 5.43 Å². The van der Waals surface area contributed by atoms with E-state index in [0.29, 0.717) is 11.5 Å². The van der Waals surface area contributed by atoms with Crippen LogP contribution in [0.2, 0.25) is 0 Å². The number of rotatable bonds is 4. The van der Waals surface area contributed by atoms with Crippen molar-refractivity contribution in [3.8, 4) is 11.5 Å². The molecule has 5 nitrogen and oxygen atoms in total. The predicted molar refractivity (Wildman–Crippen MR) is 105 cm³/mol. The maximum Gasteiger partial charge on any atom is 0.182 e. The minimum absolute atomic E-state index is 0.697. The molecule has 1 N–H and O–H groups in total. The molecule has 0 atom stereocenters. The molecule has 0 amide bonds. The van der Waals surface area contributed by atoms with Crippen molar-refractivity contribution in [1.29, 1.82) is 0 Å². The van der Waals surface area contributed by atoms with Crippen LogP contribution in [-0.2, 0) is 0 Å². The van der Waals surface area contributed by atoms with E-state index in [1.165, 1.54) is 11.1 Å². The maximum absolute atomic E-state index is 5.36. The minimum Gasteiger partial charge on any atom is -0.493 e. The quantitative estimate of drug-likeness (QED) is 0.899. The SMILES string of the molecule is COc1ccc(C2=NNC(=Nc3cccc(C)c3C)SC2)cc1OC. The first-order chi connectivity index (χ1) is 12.1. The van der Waals surface area contributed by atoms with E-state index in [4.69, 9.17) is 9.47 Å². The molecule has 0 radical (unpaired) electrons. The number of hydrogen-bond acceptors (Lipinski definition) is 5. The molecule has 0 aliphatic carbocycles. The fourth-order valence-corrected chi connectivity index (χ4v) is 3.28. The molecule has 2 aromatic rings. The summed E-state index contributed by atoms with van der Waals surface area (Å²) >= 11 is 1.63. The van der Waals surface area contributed by atoms with Gasteiger partial charge in [0.2, 0.25) is 0 Å². The molecule has 0 spiro atoms. The molecule has 0 saturated heterocycles. The van der Waals surface area contributed by atoms with Gasteiger partial charge in [-0.05, 0) is 49.2 Å². The molecule has 1 aliphatic rings. The van der Waals surface area contributed by atoms with Crippen molar-refractivity contribution in [3.05, 3.63) is 53.1 Å². The lowest BCUT2D eigenvalue weighted by atomic mass is 10.1. The highest BCUT2D eigenvalue weighted by Gasteiger charge is 2.15. The number of hydrazone groups is 1. The lowest BCUT2D eigenvalue weighted by Gasteiger charge is -2.16. The van der Waals surface area contributed by atoms with Gasteiger partial charge in [0.15, 0.2) is 16.7 Å². The van der Waals surface area contributed by atoms with Gasteiger partial charge in [-0.2, -0.15) is 5.10 Å². The number of methoxy groups -OCH3 is 2.